The van der Waals surface area contributed by atoms with Crippen LogP contribution in [0.2, 0.25) is 4.34 Å². The Bertz CT molecular complexity index is 933. The van der Waals surface area contributed by atoms with Crippen LogP contribution < -0.4 is 15.5 Å². The molecule has 0 saturated heterocycles. The third kappa shape index (κ3) is 4.57. The molecule has 1 saturated carbocycles. The van der Waals surface area contributed by atoms with Crippen LogP contribution in [0.3, 0.4) is 0 Å². The van der Waals surface area contributed by atoms with Gasteiger partial charge < -0.3 is 15.5 Å². The number of rotatable bonds is 6. The second-order valence-electron chi connectivity index (χ2n) is 7.56. The Morgan fingerprint density at radius 1 is 1.04 bits per heavy atom. The molecule has 2 heterocycles. The first kappa shape index (κ1) is 19.4. The van der Waals surface area contributed by atoms with Gasteiger partial charge in [-0.1, -0.05) is 23.7 Å². The average molecular weight is 416 g/mol. The molecule has 0 spiro atoms. The molecular weight excluding hydrogens is 390 g/mol. The molecule has 0 amide bonds. The van der Waals surface area contributed by atoms with Gasteiger partial charge in [-0.3, -0.25) is 0 Å². The maximum atomic E-state index is 6.01. The summed E-state index contributed by atoms with van der Waals surface area (Å²) >= 11 is 7.67. The Labute approximate surface area is 175 Å². The number of thiophene rings is 1. The molecule has 0 bridgehead atoms. The SMILES string of the molecule is CN(C)c1nc(N[C@H]2CC[C@@H](NCc3ccc(Cl)s3)CC2)nc2ccccc12. The number of hydrogen-bond acceptors (Lipinski definition) is 6. The first-order valence-electron chi connectivity index (χ1n) is 9.77. The number of benzene rings is 1. The Morgan fingerprint density at radius 2 is 1.79 bits per heavy atom. The van der Waals surface area contributed by atoms with Crippen molar-refractivity contribution in [3.05, 3.63) is 45.6 Å². The third-order valence-corrected chi connectivity index (χ3v) is 6.49. The van der Waals surface area contributed by atoms with Crippen molar-refractivity contribution in [2.45, 2.75) is 44.3 Å². The minimum atomic E-state index is 0.422. The lowest BCUT2D eigenvalue weighted by molar-refractivity contribution is 0.353. The topological polar surface area (TPSA) is 53.1 Å². The summed E-state index contributed by atoms with van der Waals surface area (Å²) in [5.74, 6) is 1.69. The van der Waals surface area contributed by atoms with E-state index < -0.39 is 0 Å². The number of halogens is 1. The van der Waals surface area contributed by atoms with Gasteiger partial charge >= 0.3 is 0 Å². The van der Waals surface area contributed by atoms with Crippen LogP contribution in [0.15, 0.2) is 36.4 Å². The van der Waals surface area contributed by atoms with E-state index in [2.05, 4.69) is 22.8 Å². The van der Waals surface area contributed by atoms with E-state index in [1.165, 1.54) is 4.88 Å². The second-order valence-corrected chi connectivity index (χ2v) is 9.36. The van der Waals surface area contributed by atoms with E-state index in [1.54, 1.807) is 11.3 Å². The fourth-order valence-corrected chi connectivity index (χ4v) is 4.82. The minimum Gasteiger partial charge on any atom is -0.362 e. The number of nitrogens with zero attached hydrogens (tertiary/aromatic N) is 3. The molecule has 7 heteroatoms. The molecule has 5 nitrogen and oxygen atoms in total. The number of fused-ring (bicyclic) bond motifs is 1. The van der Waals surface area contributed by atoms with E-state index in [0.29, 0.717) is 12.1 Å². The van der Waals surface area contributed by atoms with E-state index in [-0.39, 0.29) is 0 Å². The van der Waals surface area contributed by atoms with Crippen molar-refractivity contribution < 1.29 is 0 Å². The maximum absolute atomic E-state index is 6.01. The highest BCUT2D eigenvalue weighted by Crippen LogP contribution is 2.27. The minimum absolute atomic E-state index is 0.422. The van der Waals surface area contributed by atoms with Gasteiger partial charge in [-0.25, -0.2) is 4.98 Å². The zero-order chi connectivity index (χ0) is 19.5. The average Bonchev–Trinajstić information content (AvgIpc) is 3.12. The van der Waals surface area contributed by atoms with Crippen molar-refractivity contribution in [2.75, 3.05) is 24.3 Å². The van der Waals surface area contributed by atoms with Crippen LogP contribution in [0, 0.1) is 0 Å². The highest BCUT2D eigenvalue weighted by molar-refractivity contribution is 7.16. The van der Waals surface area contributed by atoms with Gasteiger partial charge in [-0.05, 0) is 49.9 Å². The summed E-state index contributed by atoms with van der Waals surface area (Å²) in [5.41, 5.74) is 0.980. The molecule has 1 aliphatic carbocycles. The second kappa shape index (κ2) is 8.64. The molecule has 3 aromatic rings. The number of aromatic nitrogens is 2. The summed E-state index contributed by atoms with van der Waals surface area (Å²) in [5, 5.41) is 8.33. The molecule has 1 aromatic carbocycles. The van der Waals surface area contributed by atoms with Crippen molar-refractivity contribution >= 4 is 45.6 Å². The van der Waals surface area contributed by atoms with Gasteiger partial charge in [-0.2, -0.15) is 4.98 Å². The normalized spacial score (nSPS) is 19.7. The molecule has 2 aromatic heterocycles. The van der Waals surface area contributed by atoms with E-state index in [0.717, 1.165) is 59.2 Å². The van der Waals surface area contributed by atoms with Crippen LogP contribution in [-0.2, 0) is 6.54 Å². The van der Waals surface area contributed by atoms with Crippen molar-refractivity contribution in [1.82, 2.24) is 15.3 Å². The zero-order valence-electron chi connectivity index (χ0n) is 16.3. The molecule has 1 fully saturated rings. The predicted octanol–water partition coefficient (Wildman–Crippen LogP) is 4.92. The largest absolute Gasteiger partial charge is 0.362 e. The summed E-state index contributed by atoms with van der Waals surface area (Å²) in [7, 11) is 4.05. The maximum Gasteiger partial charge on any atom is 0.225 e. The molecule has 4 rings (SSSR count). The van der Waals surface area contributed by atoms with Gasteiger partial charge in [0.1, 0.15) is 5.82 Å². The molecule has 0 radical (unpaired) electrons. The lowest BCUT2D eigenvalue weighted by Gasteiger charge is -2.30. The smallest absolute Gasteiger partial charge is 0.225 e. The summed E-state index contributed by atoms with van der Waals surface area (Å²) in [6.45, 7) is 0.903. The highest BCUT2D eigenvalue weighted by Gasteiger charge is 2.22. The van der Waals surface area contributed by atoms with Crippen LogP contribution in [0.1, 0.15) is 30.6 Å². The molecule has 28 heavy (non-hydrogen) atoms. The lowest BCUT2D eigenvalue weighted by Crippen LogP contribution is -2.36. The number of nitrogens with one attached hydrogen (secondary N) is 2. The molecule has 1 aliphatic rings. The van der Waals surface area contributed by atoms with E-state index in [1.807, 2.05) is 43.3 Å². The predicted molar refractivity (Wildman–Crippen MR) is 120 cm³/mol. The summed E-state index contributed by atoms with van der Waals surface area (Å²) < 4.78 is 0.859. The van der Waals surface area contributed by atoms with E-state index in [4.69, 9.17) is 21.6 Å². The van der Waals surface area contributed by atoms with Crippen LogP contribution in [0.5, 0.6) is 0 Å². The fourth-order valence-electron chi connectivity index (χ4n) is 3.78. The number of anilines is 2. The molecule has 0 unspecified atom stereocenters. The van der Waals surface area contributed by atoms with Gasteiger partial charge in [0.2, 0.25) is 5.95 Å². The molecule has 148 valence electrons. The Kier molecular flexibility index (Phi) is 5.99. The van der Waals surface area contributed by atoms with Crippen molar-refractivity contribution in [3.8, 4) is 0 Å². The highest BCUT2D eigenvalue weighted by atomic mass is 35.5. The molecule has 0 atom stereocenters. The summed E-state index contributed by atoms with van der Waals surface area (Å²) in [4.78, 5) is 12.8. The Balaban J connectivity index is 1.35. The Hall–Kier alpha value is -1.89. The van der Waals surface area contributed by atoms with E-state index >= 15 is 0 Å². The standard InChI is InChI=1S/C21H26ClN5S/c1-27(2)20-17-5-3-4-6-18(17)25-21(26-20)24-15-9-7-14(8-10-15)23-13-16-11-12-19(22)28-16/h3-6,11-12,14-15,23H,7-10,13H2,1-2H3,(H,24,25,26)/t14-,15+. The van der Waals surface area contributed by atoms with Gasteiger partial charge in [0.25, 0.3) is 0 Å². The van der Waals surface area contributed by atoms with Crippen LogP contribution in [0.4, 0.5) is 11.8 Å². The Morgan fingerprint density at radius 3 is 2.50 bits per heavy atom. The molecular formula is C21H26ClN5S. The fraction of sp³-hybridized carbons (Fsp3) is 0.429. The molecule has 2 N–H and O–H groups in total. The van der Waals surface area contributed by atoms with Gasteiger partial charge in [0, 0.05) is 43.0 Å². The quantitative estimate of drug-likeness (QED) is 0.598. The van der Waals surface area contributed by atoms with Crippen molar-refractivity contribution in [1.29, 1.82) is 0 Å². The number of hydrogen-bond donors (Lipinski definition) is 2. The van der Waals surface area contributed by atoms with Crippen molar-refractivity contribution in [3.63, 3.8) is 0 Å². The van der Waals surface area contributed by atoms with Gasteiger partial charge in [-0.15, -0.1) is 11.3 Å². The van der Waals surface area contributed by atoms with E-state index in [9.17, 15) is 0 Å². The van der Waals surface area contributed by atoms with Crippen molar-refractivity contribution in [2.24, 2.45) is 0 Å². The van der Waals surface area contributed by atoms with Crippen LogP contribution >= 0.6 is 22.9 Å². The van der Waals surface area contributed by atoms with Crippen LogP contribution in [0.25, 0.3) is 10.9 Å². The first-order valence-corrected chi connectivity index (χ1v) is 11.0. The summed E-state index contributed by atoms with van der Waals surface area (Å²) in [6, 6.07) is 13.2. The third-order valence-electron chi connectivity index (χ3n) is 5.26. The van der Waals surface area contributed by atoms with Gasteiger partial charge in [0.05, 0.1) is 9.85 Å². The first-order chi connectivity index (χ1) is 13.6. The summed E-state index contributed by atoms with van der Waals surface area (Å²) in [6.07, 6.45) is 4.56. The monoisotopic (exact) mass is 415 g/mol. The van der Waals surface area contributed by atoms with Crippen LogP contribution in [-0.4, -0.2) is 36.1 Å². The zero-order valence-corrected chi connectivity index (χ0v) is 17.9. The van der Waals surface area contributed by atoms with Gasteiger partial charge in [0.15, 0.2) is 0 Å². The lowest BCUT2D eigenvalue weighted by atomic mass is 9.91. The molecule has 0 aliphatic heterocycles. The number of para-hydroxylation sites is 1.